The summed E-state index contributed by atoms with van der Waals surface area (Å²) in [5.74, 6) is 0. The van der Waals surface area contributed by atoms with E-state index in [1.165, 1.54) is 0 Å². The number of rotatable bonds is 3. The molecule has 4 heteroatoms. The third-order valence-corrected chi connectivity index (χ3v) is 1.34. The fourth-order valence-electron chi connectivity index (χ4n) is 0.293. The molecule has 0 aliphatic carbocycles. The third-order valence-electron chi connectivity index (χ3n) is 0.638. The smallest absolute Gasteiger partial charge is 0.198 e. The van der Waals surface area contributed by atoms with E-state index in [2.05, 4.69) is 0 Å². The van der Waals surface area contributed by atoms with Crippen molar-refractivity contribution in [2.45, 2.75) is 12.8 Å². The van der Waals surface area contributed by atoms with Crippen LogP contribution in [0.4, 0.5) is 0 Å². The number of hydrogen-bond donors (Lipinski definition) is 1. The van der Waals surface area contributed by atoms with E-state index in [9.17, 15) is 4.57 Å². The van der Waals surface area contributed by atoms with Crippen molar-refractivity contribution in [1.82, 2.24) is 0 Å². The molecule has 1 atom stereocenters. The molecule has 0 aromatic carbocycles. The zero-order valence-corrected chi connectivity index (χ0v) is 5.27. The van der Waals surface area contributed by atoms with E-state index in [0.717, 1.165) is 0 Å². The van der Waals surface area contributed by atoms with Crippen LogP contribution in [-0.2, 0) is 4.57 Å². The average molecular weight is 132 g/mol. The molecule has 44 valence electrons. The summed E-state index contributed by atoms with van der Waals surface area (Å²) in [6, 6.07) is 1.88. The molecule has 0 bridgehead atoms. The summed E-state index contributed by atoms with van der Waals surface area (Å²) in [6.07, 6.45) is 1.16. The second-order valence-corrected chi connectivity index (χ2v) is 2.49. The van der Waals surface area contributed by atoms with E-state index in [4.69, 9.17) is 10.2 Å². The molecule has 0 heterocycles. The summed E-state index contributed by atoms with van der Waals surface area (Å²) >= 11 is 0. The highest BCUT2D eigenvalue weighted by Gasteiger charge is 2.06. The van der Waals surface area contributed by atoms with Crippen LogP contribution in [0.3, 0.4) is 0 Å². The molecule has 1 unspecified atom stereocenters. The molecule has 0 aromatic rings. The van der Waals surface area contributed by atoms with Gasteiger partial charge in [-0.15, -0.1) is 0 Å². The van der Waals surface area contributed by atoms with Crippen molar-refractivity contribution in [2.75, 3.05) is 6.16 Å². The molecule has 0 aliphatic heterocycles. The first-order chi connectivity index (χ1) is 3.77. The summed E-state index contributed by atoms with van der Waals surface area (Å²) in [4.78, 5) is 8.18. The molecule has 8 heavy (non-hydrogen) atoms. The second kappa shape index (κ2) is 4.70. The third kappa shape index (κ3) is 5.55. The maximum Gasteiger partial charge on any atom is 0.505 e. The summed E-state index contributed by atoms with van der Waals surface area (Å²) in [7, 11) is -2.01. The van der Waals surface area contributed by atoms with Crippen LogP contribution in [0.25, 0.3) is 0 Å². The van der Waals surface area contributed by atoms with Gasteiger partial charge in [-0.2, -0.15) is 10.2 Å². The topological polar surface area (TPSA) is 61.1 Å². The van der Waals surface area contributed by atoms with Crippen molar-refractivity contribution >= 4 is 8.03 Å². The van der Waals surface area contributed by atoms with Crippen molar-refractivity contribution in [2.24, 2.45) is 0 Å². The van der Waals surface area contributed by atoms with Gasteiger partial charge in [0, 0.05) is 12.8 Å². The lowest BCUT2D eigenvalue weighted by molar-refractivity contribution is 0.501. The Morgan fingerprint density at radius 1 is 1.75 bits per heavy atom. The molecule has 0 radical (unpaired) electrons. The normalized spacial score (nSPS) is 10.2. The maximum atomic E-state index is 9.91. The SMILES string of the molecule is N#CCCC[P+](=O)O. The van der Waals surface area contributed by atoms with E-state index in [-0.39, 0.29) is 6.16 Å². The number of hydrogen-bond acceptors (Lipinski definition) is 2. The van der Waals surface area contributed by atoms with Crippen molar-refractivity contribution in [3.05, 3.63) is 0 Å². The summed E-state index contributed by atoms with van der Waals surface area (Å²) in [5, 5.41) is 7.95. The fourth-order valence-corrected chi connectivity index (χ4v) is 0.722. The lowest BCUT2D eigenvalue weighted by Gasteiger charge is -1.73. The van der Waals surface area contributed by atoms with E-state index in [1.54, 1.807) is 0 Å². The predicted molar refractivity (Wildman–Crippen MR) is 29.5 cm³/mol. The molecule has 0 fully saturated rings. The van der Waals surface area contributed by atoms with Crippen LogP contribution < -0.4 is 0 Å². The van der Waals surface area contributed by atoms with Crippen molar-refractivity contribution in [3.8, 4) is 6.07 Å². The molecule has 0 aliphatic rings. The summed E-state index contributed by atoms with van der Waals surface area (Å²) in [5.41, 5.74) is 0. The largest absolute Gasteiger partial charge is 0.505 e. The maximum absolute atomic E-state index is 9.91. The highest BCUT2D eigenvalue weighted by molar-refractivity contribution is 7.37. The molecule has 0 spiro atoms. The Bertz CT molecular complexity index is 118. The van der Waals surface area contributed by atoms with Crippen molar-refractivity contribution in [1.29, 1.82) is 5.26 Å². The summed E-state index contributed by atoms with van der Waals surface area (Å²) in [6.45, 7) is 0. The van der Waals surface area contributed by atoms with E-state index < -0.39 is 8.03 Å². The quantitative estimate of drug-likeness (QED) is 0.460. The van der Waals surface area contributed by atoms with Gasteiger partial charge in [0.05, 0.1) is 6.07 Å². The van der Waals surface area contributed by atoms with Gasteiger partial charge in [-0.05, 0) is 4.57 Å². The first-order valence-electron chi connectivity index (χ1n) is 2.28. The minimum Gasteiger partial charge on any atom is -0.198 e. The van der Waals surface area contributed by atoms with Gasteiger partial charge < -0.3 is 0 Å². The Hall–Kier alpha value is -0.450. The Balaban J connectivity index is 2.97. The number of nitrogens with zero attached hydrogens (tertiary/aromatic N) is 1. The second-order valence-electron chi connectivity index (χ2n) is 1.34. The minimum absolute atomic E-state index is 0.253. The zero-order valence-electron chi connectivity index (χ0n) is 4.37. The van der Waals surface area contributed by atoms with Gasteiger partial charge >= 0.3 is 8.03 Å². The van der Waals surface area contributed by atoms with Gasteiger partial charge in [0.15, 0.2) is 6.16 Å². The molecule has 0 aromatic heterocycles. The lowest BCUT2D eigenvalue weighted by Crippen LogP contribution is -1.74. The van der Waals surface area contributed by atoms with Gasteiger partial charge in [0.1, 0.15) is 0 Å². The van der Waals surface area contributed by atoms with Gasteiger partial charge in [0.2, 0.25) is 0 Å². The Labute approximate surface area is 48.8 Å². The Kier molecular flexibility index (Phi) is 4.44. The molecule has 0 rings (SSSR count). The summed E-state index contributed by atoms with van der Waals surface area (Å²) < 4.78 is 9.91. The standard InChI is InChI=1S/C4H6NO2P/c5-3-1-2-4-8(6)7/h1-2,4H2/p+1. The van der Waals surface area contributed by atoms with Crippen LogP contribution in [0, 0.1) is 11.3 Å². The van der Waals surface area contributed by atoms with Crippen LogP contribution in [0.15, 0.2) is 0 Å². The van der Waals surface area contributed by atoms with E-state index >= 15 is 0 Å². The molecule has 0 saturated carbocycles. The van der Waals surface area contributed by atoms with Gasteiger partial charge in [0.25, 0.3) is 0 Å². The average Bonchev–Trinajstić information content (AvgIpc) is 1.66. The molecule has 1 N–H and O–H groups in total. The monoisotopic (exact) mass is 132 g/mol. The highest BCUT2D eigenvalue weighted by atomic mass is 31.1. The number of unbranched alkanes of at least 4 members (excludes halogenated alkanes) is 1. The van der Waals surface area contributed by atoms with E-state index in [0.29, 0.717) is 12.8 Å². The molecule has 0 amide bonds. The molecule has 0 saturated heterocycles. The fraction of sp³-hybridized carbons (Fsp3) is 0.750. The predicted octanol–water partition coefficient (Wildman–Crippen LogP) is 1.02. The van der Waals surface area contributed by atoms with Gasteiger partial charge in [-0.25, -0.2) is 0 Å². The van der Waals surface area contributed by atoms with Crippen molar-refractivity contribution in [3.63, 3.8) is 0 Å². The number of nitriles is 1. The lowest BCUT2D eigenvalue weighted by atomic mass is 10.4. The zero-order chi connectivity index (χ0) is 6.41. The Morgan fingerprint density at radius 3 is 2.75 bits per heavy atom. The van der Waals surface area contributed by atoms with Crippen LogP contribution in [-0.4, -0.2) is 11.1 Å². The van der Waals surface area contributed by atoms with Crippen LogP contribution in [0.1, 0.15) is 12.8 Å². The van der Waals surface area contributed by atoms with Crippen molar-refractivity contribution < 1.29 is 9.46 Å². The Morgan fingerprint density at radius 2 is 2.38 bits per heavy atom. The first kappa shape index (κ1) is 7.55. The highest BCUT2D eigenvalue weighted by Crippen LogP contribution is 2.13. The van der Waals surface area contributed by atoms with Gasteiger partial charge in [-0.3, -0.25) is 0 Å². The minimum atomic E-state index is -2.01. The van der Waals surface area contributed by atoms with Crippen LogP contribution in [0.5, 0.6) is 0 Å². The molecular weight excluding hydrogens is 125 g/mol. The van der Waals surface area contributed by atoms with Crippen LogP contribution in [0.2, 0.25) is 0 Å². The van der Waals surface area contributed by atoms with Gasteiger partial charge in [-0.1, -0.05) is 0 Å². The molecular formula is C4H7NO2P+. The molecule has 3 nitrogen and oxygen atoms in total. The van der Waals surface area contributed by atoms with Crippen LogP contribution >= 0.6 is 8.03 Å². The first-order valence-corrected chi connectivity index (χ1v) is 3.67. The van der Waals surface area contributed by atoms with E-state index in [1.807, 2.05) is 6.07 Å².